The van der Waals surface area contributed by atoms with Crippen molar-refractivity contribution in [1.82, 2.24) is 0 Å². The Balaban J connectivity index is 0.00000208. The van der Waals surface area contributed by atoms with Crippen molar-refractivity contribution in [3.05, 3.63) is 71.8 Å². The normalized spacial score (nSPS) is 20.3. The van der Waals surface area contributed by atoms with Gasteiger partial charge in [0.15, 0.2) is 11.6 Å². The van der Waals surface area contributed by atoms with E-state index in [2.05, 4.69) is 24.8 Å². The molecule has 128 valence electrons. The van der Waals surface area contributed by atoms with Crippen LogP contribution in [0.1, 0.15) is 50.2 Å². The minimum absolute atomic E-state index is 0. The van der Waals surface area contributed by atoms with Crippen molar-refractivity contribution in [3.8, 4) is 11.1 Å². The van der Waals surface area contributed by atoms with Gasteiger partial charge in [0, 0.05) is 5.56 Å². The molecule has 1 saturated carbocycles. The van der Waals surface area contributed by atoms with Crippen LogP contribution in [-0.4, -0.2) is 0 Å². The number of aryl methyl sites for hydroxylation is 1. The van der Waals surface area contributed by atoms with Gasteiger partial charge in [-0.25, -0.2) is 8.78 Å². The van der Waals surface area contributed by atoms with Crippen LogP contribution in [0.2, 0.25) is 0 Å². The Labute approximate surface area is 144 Å². The lowest BCUT2D eigenvalue weighted by atomic mass is 9.78. The Morgan fingerprint density at radius 2 is 1.54 bits per heavy atom. The van der Waals surface area contributed by atoms with Gasteiger partial charge in [-0.3, -0.25) is 0 Å². The molecule has 0 radical (unpaired) electrons. The number of halogens is 2. The number of allylic oxidation sites excluding steroid dienone is 1. The molecule has 0 saturated heterocycles. The molecular formula is C22H26F2. The maximum atomic E-state index is 14.1. The Hall–Kier alpha value is -1.96. The molecule has 24 heavy (non-hydrogen) atoms. The standard InChI is InChI=1S/C21H22F2.CH4/c1-3-15-5-7-16(8-6-15)17-9-11-18(12-10-17)19-13-4-14(2)20(22)21(19)23;/h3-4,9-13,15-16H,1,5-8H2,2H3;1H4. The number of rotatable bonds is 3. The number of hydrogen-bond acceptors (Lipinski definition) is 0. The summed E-state index contributed by atoms with van der Waals surface area (Å²) in [5.41, 5.74) is 2.69. The smallest absolute Gasteiger partial charge is 0.166 e. The highest BCUT2D eigenvalue weighted by atomic mass is 19.2. The fourth-order valence-electron chi connectivity index (χ4n) is 3.49. The minimum atomic E-state index is -0.760. The molecular weight excluding hydrogens is 302 g/mol. The van der Waals surface area contributed by atoms with E-state index in [-0.39, 0.29) is 7.43 Å². The number of hydrogen-bond donors (Lipinski definition) is 0. The van der Waals surface area contributed by atoms with E-state index in [1.807, 2.05) is 12.1 Å². The zero-order valence-electron chi connectivity index (χ0n) is 13.5. The first-order chi connectivity index (χ1) is 11.1. The topological polar surface area (TPSA) is 0 Å². The molecule has 3 rings (SSSR count). The zero-order chi connectivity index (χ0) is 16.4. The largest absolute Gasteiger partial charge is 0.203 e. The monoisotopic (exact) mass is 328 g/mol. The molecule has 1 fully saturated rings. The molecule has 0 N–H and O–H groups in total. The van der Waals surface area contributed by atoms with Crippen molar-refractivity contribution in [2.24, 2.45) is 5.92 Å². The van der Waals surface area contributed by atoms with E-state index in [9.17, 15) is 8.78 Å². The Kier molecular flexibility index (Phi) is 5.93. The molecule has 2 aromatic carbocycles. The highest BCUT2D eigenvalue weighted by Gasteiger charge is 2.20. The summed E-state index contributed by atoms with van der Waals surface area (Å²) < 4.78 is 27.8. The third-order valence-electron chi connectivity index (χ3n) is 5.07. The van der Waals surface area contributed by atoms with Gasteiger partial charge < -0.3 is 0 Å². The molecule has 2 heteroatoms. The Morgan fingerprint density at radius 1 is 0.917 bits per heavy atom. The van der Waals surface area contributed by atoms with Gasteiger partial charge in [0.2, 0.25) is 0 Å². The molecule has 0 atom stereocenters. The Morgan fingerprint density at radius 3 is 2.12 bits per heavy atom. The molecule has 0 amide bonds. The van der Waals surface area contributed by atoms with Crippen LogP contribution in [0.5, 0.6) is 0 Å². The maximum Gasteiger partial charge on any atom is 0.166 e. The van der Waals surface area contributed by atoms with Crippen molar-refractivity contribution >= 4 is 0 Å². The van der Waals surface area contributed by atoms with Gasteiger partial charge in [-0.05, 0) is 61.1 Å². The van der Waals surface area contributed by atoms with E-state index in [4.69, 9.17) is 0 Å². The van der Waals surface area contributed by atoms with E-state index >= 15 is 0 Å². The second-order valence-electron chi connectivity index (χ2n) is 6.53. The van der Waals surface area contributed by atoms with Crippen LogP contribution in [0.3, 0.4) is 0 Å². The third-order valence-corrected chi connectivity index (χ3v) is 5.07. The number of benzene rings is 2. The molecule has 0 nitrogen and oxygen atoms in total. The lowest BCUT2D eigenvalue weighted by Crippen LogP contribution is -2.11. The first-order valence-electron chi connectivity index (χ1n) is 8.27. The highest BCUT2D eigenvalue weighted by Crippen LogP contribution is 2.37. The van der Waals surface area contributed by atoms with Gasteiger partial charge >= 0.3 is 0 Å². The van der Waals surface area contributed by atoms with Gasteiger partial charge in [-0.1, -0.05) is 49.9 Å². The first-order valence-corrected chi connectivity index (χ1v) is 8.27. The van der Waals surface area contributed by atoms with Crippen LogP contribution < -0.4 is 0 Å². The molecule has 0 aliphatic heterocycles. The summed E-state index contributed by atoms with van der Waals surface area (Å²) in [5, 5.41) is 0. The first kappa shape index (κ1) is 18.4. The summed E-state index contributed by atoms with van der Waals surface area (Å²) in [4.78, 5) is 0. The molecule has 1 aliphatic carbocycles. The second-order valence-corrected chi connectivity index (χ2v) is 6.53. The average Bonchev–Trinajstić information content (AvgIpc) is 2.60. The fraction of sp³-hybridized carbons (Fsp3) is 0.364. The molecule has 0 heterocycles. The van der Waals surface area contributed by atoms with Gasteiger partial charge in [0.25, 0.3) is 0 Å². The summed E-state index contributed by atoms with van der Waals surface area (Å²) in [6, 6.07) is 11.2. The molecule has 0 unspecified atom stereocenters. The van der Waals surface area contributed by atoms with Gasteiger partial charge in [-0.2, -0.15) is 0 Å². The summed E-state index contributed by atoms with van der Waals surface area (Å²) in [6.45, 7) is 5.46. The van der Waals surface area contributed by atoms with Crippen LogP contribution in [0.25, 0.3) is 11.1 Å². The van der Waals surface area contributed by atoms with E-state index in [1.54, 1.807) is 19.1 Å². The van der Waals surface area contributed by atoms with Crippen molar-refractivity contribution in [2.45, 2.75) is 46.0 Å². The van der Waals surface area contributed by atoms with Crippen molar-refractivity contribution in [1.29, 1.82) is 0 Å². The molecule has 1 aliphatic rings. The molecule has 2 aromatic rings. The quantitative estimate of drug-likeness (QED) is 0.530. The molecule has 0 aromatic heterocycles. The van der Waals surface area contributed by atoms with E-state index in [0.717, 1.165) is 5.56 Å². The van der Waals surface area contributed by atoms with Crippen LogP contribution in [0, 0.1) is 24.5 Å². The van der Waals surface area contributed by atoms with Gasteiger partial charge in [0.1, 0.15) is 0 Å². The average molecular weight is 328 g/mol. The van der Waals surface area contributed by atoms with Crippen molar-refractivity contribution in [2.75, 3.05) is 0 Å². The predicted molar refractivity (Wildman–Crippen MR) is 98.2 cm³/mol. The second kappa shape index (κ2) is 7.74. The summed E-state index contributed by atoms with van der Waals surface area (Å²) in [7, 11) is 0. The van der Waals surface area contributed by atoms with Crippen LogP contribution in [0.4, 0.5) is 8.78 Å². The van der Waals surface area contributed by atoms with Crippen LogP contribution in [0.15, 0.2) is 49.1 Å². The SMILES string of the molecule is C.C=CC1CCC(c2ccc(-c3ccc(C)c(F)c3F)cc2)CC1. The van der Waals surface area contributed by atoms with Crippen LogP contribution in [-0.2, 0) is 0 Å². The minimum Gasteiger partial charge on any atom is -0.203 e. The third kappa shape index (κ3) is 3.58. The fourth-order valence-corrected chi connectivity index (χ4v) is 3.49. The summed E-state index contributed by atoms with van der Waals surface area (Å²) >= 11 is 0. The Bertz CT molecular complexity index is 693. The van der Waals surface area contributed by atoms with E-state index in [0.29, 0.717) is 23.0 Å². The van der Waals surface area contributed by atoms with E-state index in [1.165, 1.54) is 31.2 Å². The van der Waals surface area contributed by atoms with Crippen molar-refractivity contribution < 1.29 is 8.78 Å². The summed E-state index contributed by atoms with van der Waals surface area (Å²) in [5.74, 6) is -0.298. The molecule has 0 spiro atoms. The molecule has 0 bridgehead atoms. The predicted octanol–water partition coefficient (Wildman–Crippen LogP) is 7.04. The highest BCUT2D eigenvalue weighted by molar-refractivity contribution is 5.65. The van der Waals surface area contributed by atoms with Gasteiger partial charge in [0.05, 0.1) is 0 Å². The zero-order valence-corrected chi connectivity index (χ0v) is 13.5. The maximum absolute atomic E-state index is 14.1. The summed E-state index contributed by atoms with van der Waals surface area (Å²) in [6.07, 6.45) is 6.78. The van der Waals surface area contributed by atoms with Crippen LogP contribution >= 0.6 is 0 Å². The van der Waals surface area contributed by atoms with Gasteiger partial charge in [-0.15, -0.1) is 6.58 Å². The lowest BCUT2D eigenvalue weighted by Gasteiger charge is -2.27. The lowest BCUT2D eigenvalue weighted by molar-refractivity contribution is 0.376. The van der Waals surface area contributed by atoms with Crippen molar-refractivity contribution in [3.63, 3.8) is 0 Å². The van der Waals surface area contributed by atoms with E-state index < -0.39 is 11.6 Å².